The lowest BCUT2D eigenvalue weighted by Gasteiger charge is -2.16. The molecule has 0 saturated carbocycles. The summed E-state index contributed by atoms with van der Waals surface area (Å²) in [6.45, 7) is 2.62. The molecule has 4 heteroatoms. The lowest BCUT2D eigenvalue weighted by Crippen LogP contribution is -2.37. The molecular weight excluding hydrogens is 242 g/mol. The molecule has 2 unspecified atom stereocenters. The molecule has 0 amide bonds. The van der Waals surface area contributed by atoms with Crippen LogP contribution in [0.5, 0.6) is 11.5 Å². The van der Waals surface area contributed by atoms with E-state index >= 15 is 0 Å². The van der Waals surface area contributed by atoms with Crippen molar-refractivity contribution in [2.45, 2.75) is 25.5 Å². The van der Waals surface area contributed by atoms with Crippen molar-refractivity contribution < 1.29 is 14.6 Å². The molecule has 2 N–H and O–H groups in total. The highest BCUT2D eigenvalue weighted by Gasteiger charge is 2.08. The zero-order chi connectivity index (χ0) is 14.1. The van der Waals surface area contributed by atoms with Gasteiger partial charge < -0.3 is 19.9 Å². The van der Waals surface area contributed by atoms with Crippen LogP contribution >= 0.6 is 0 Å². The number of aliphatic hydroxyl groups is 1. The van der Waals surface area contributed by atoms with E-state index in [-0.39, 0.29) is 12.6 Å². The van der Waals surface area contributed by atoms with Crippen molar-refractivity contribution in [3.8, 4) is 23.8 Å². The van der Waals surface area contributed by atoms with Gasteiger partial charge in [0.2, 0.25) is 0 Å². The van der Waals surface area contributed by atoms with Crippen molar-refractivity contribution >= 4 is 0 Å². The molecule has 0 fully saturated rings. The lowest BCUT2D eigenvalue weighted by atomic mass is 10.2. The number of methoxy groups -OCH3 is 1. The fourth-order valence-electron chi connectivity index (χ4n) is 1.54. The smallest absolute Gasteiger partial charge is 0.123 e. The molecule has 104 valence electrons. The van der Waals surface area contributed by atoms with E-state index < -0.39 is 6.10 Å². The van der Waals surface area contributed by atoms with Crippen LogP contribution < -0.4 is 14.8 Å². The Kier molecular flexibility index (Phi) is 6.80. The van der Waals surface area contributed by atoms with E-state index in [1.165, 1.54) is 0 Å². The van der Waals surface area contributed by atoms with Gasteiger partial charge >= 0.3 is 0 Å². The zero-order valence-electron chi connectivity index (χ0n) is 11.4. The predicted molar refractivity (Wildman–Crippen MR) is 75.4 cm³/mol. The Hall–Kier alpha value is -1.70. The van der Waals surface area contributed by atoms with Crippen LogP contribution in [-0.2, 0) is 0 Å². The molecule has 0 saturated heterocycles. The van der Waals surface area contributed by atoms with Crippen LogP contribution in [0, 0.1) is 12.3 Å². The summed E-state index contributed by atoms with van der Waals surface area (Å²) in [5, 5.41) is 12.9. The highest BCUT2D eigenvalue weighted by atomic mass is 16.5. The Morgan fingerprint density at radius 2 is 2.16 bits per heavy atom. The Labute approximate surface area is 114 Å². The standard InChI is InChI=1S/C15H21NO3/c1-4-12(5-2)16-10-13(17)11-19-15-8-6-7-14(9-15)18-3/h1,6-9,12-13,16-17H,5,10-11H2,2-3H3. The zero-order valence-corrected chi connectivity index (χ0v) is 11.4. The van der Waals surface area contributed by atoms with E-state index in [9.17, 15) is 5.11 Å². The molecule has 4 nitrogen and oxygen atoms in total. The van der Waals surface area contributed by atoms with Crippen LogP contribution in [0.3, 0.4) is 0 Å². The highest BCUT2D eigenvalue weighted by Crippen LogP contribution is 2.18. The summed E-state index contributed by atoms with van der Waals surface area (Å²) in [4.78, 5) is 0. The van der Waals surface area contributed by atoms with Gasteiger partial charge in [0.05, 0.1) is 13.2 Å². The third-order valence-corrected chi connectivity index (χ3v) is 2.69. The van der Waals surface area contributed by atoms with Crippen LogP contribution in [0.1, 0.15) is 13.3 Å². The third-order valence-electron chi connectivity index (χ3n) is 2.69. The number of hydrogen-bond acceptors (Lipinski definition) is 4. The second kappa shape index (κ2) is 8.41. The van der Waals surface area contributed by atoms with Gasteiger partial charge in [-0.25, -0.2) is 0 Å². The van der Waals surface area contributed by atoms with Crippen LogP contribution in [0.25, 0.3) is 0 Å². The Morgan fingerprint density at radius 3 is 2.79 bits per heavy atom. The minimum absolute atomic E-state index is 0.00790. The van der Waals surface area contributed by atoms with Crippen LogP contribution in [0.2, 0.25) is 0 Å². The molecule has 2 atom stereocenters. The lowest BCUT2D eigenvalue weighted by molar-refractivity contribution is 0.105. The molecule has 0 aliphatic heterocycles. The molecule has 0 aliphatic rings. The van der Waals surface area contributed by atoms with E-state index in [4.69, 9.17) is 15.9 Å². The van der Waals surface area contributed by atoms with Crippen molar-refractivity contribution in [2.24, 2.45) is 0 Å². The number of terminal acetylenes is 1. The van der Waals surface area contributed by atoms with Gasteiger partial charge in [-0.1, -0.05) is 18.9 Å². The largest absolute Gasteiger partial charge is 0.497 e. The van der Waals surface area contributed by atoms with E-state index in [0.717, 1.165) is 12.2 Å². The summed E-state index contributed by atoms with van der Waals surface area (Å²) in [5.41, 5.74) is 0. The Bertz CT molecular complexity index is 414. The molecule has 0 bridgehead atoms. The molecule has 1 aromatic rings. The van der Waals surface area contributed by atoms with Gasteiger partial charge in [0.1, 0.15) is 24.2 Å². The molecule has 0 heterocycles. The highest BCUT2D eigenvalue weighted by molar-refractivity contribution is 5.32. The molecule has 1 rings (SSSR count). The molecule has 0 radical (unpaired) electrons. The summed E-state index contributed by atoms with van der Waals surface area (Å²) >= 11 is 0. The normalized spacial score (nSPS) is 13.4. The number of hydrogen-bond donors (Lipinski definition) is 2. The monoisotopic (exact) mass is 263 g/mol. The molecule has 1 aromatic carbocycles. The van der Waals surface area contributed by atoms with Crippen molar-refractivity contribution in [1.82, 2.24) is 5.32 Å². The predicted octanol–water partition coefficient (Wildman–Crippen LogP) is 1.44. The summed E-state index contributed by atoms with van der Waals surface area (Å²) in [7, 11) is 1.60. The Balaban J connectivity index is 2.33. The van der Waals surface area contributed by atoms with Crippen LogP contribution in [-0.4, -0.2) is 37.5 Å². The SMILES string of the molecule is C#CC(CC)NCC(O)COc1cccc(OC)c1. The molecule has 0 aliphatic carbocycles. The number of rotatable bonds is 8. The van der Waals surface area contributed by atoms with E-state index in [0.29, 0.717) is 12.3 Å². The third kappa shape index (κ3) is 5.64. The van der Waals surface area contributed by atoms with Crippen molar-refractivity contribution in [3.63, 3.8) is 0 Å². The maximum atomic E-state index is 9.79. The van der Waals surface area contributed by atoms with Gasteiger partial charge in [-0.3, -0.25) is 0 Å². The maximum Gasteiger partial charge on any atom is 0.123 e. The van der Waals surface area contributed by atoms with Gasteiger partial charge in [0.15, 0.2) is 0 Å². The van der Waals surface area contributed by atoms with Crippen molar-refractivity contribution in [2.75, 3.05) is 20.3 Å². The van der Waals surface area contributed by atoms with Gasteiger partial charge in [-0.2, -0.15) is 0 Å². The first-order valence-electron chi connectivity index (χ1n) is 6.34. The maximum absolute atomic E-state index is 9.79. The van der Waals surface area contributed by atoms with Gasteiger partial charge in [-0.15, -0.1) is 6.42 Å². The fraction of sp³-hybridized carbons (Fsp3) is 0.467. The second-order valence-corrected chi connectivity index (χ2v) is 4.18. The molecular formula is C15H21NO3. The fourth-order valence-corrected chi connectivity index (χ4v) is 1.54. The number of aliphatic hydroxyl groups excluding tert-OH is 1. The summed E-state index contributed by atoms with van der Waals surface area (Å²) in [5.74, 6) is 4.01. The van der Waals surface area contributed by atoms with Gasteiger partial charge in [0, 0.05) is 12.6 Å². The first-order valence-corrected chi connectivity index (χ1v) is 6.34. The first-order chi connectivity index (χ1) is 9.19. The van der Waals surface area contributed by atoms with E-state index in [2.05, 4.69) is 11.2 Å². The average Bonchev–Trinajstić information content (AvgIpc) is 2.46. The molecule has 19 heavy (non-hydrogen) atoms. The Morgan fingerprint density at radius 1 is 1.42 bits per heavy atom. The summed E-state index contributed by atoms with van der Waals surface area (Å²) in [6, 6.07) is 7.26. The number of nitrogens with one attached hydrogen (secondary N) is 1. The quantitative estimate of drug-likeness (QED) is 0.697. The average molecular weight is 263 g/mol. The van der Waals surface area contributed by atoms with Gasteiger partial charge in [-0.05, 0) is 18.6 Å². The molecule has 0 spiro atoms. The first kappa shape index (κ1) is 15.4. The number of benzene rings is 1. The van der Waals surface area contributed by atoms with Crippen LogP contribution in [0.15, 0.2) is 24.3 Å². The minimum Gasteiger partial charge on any atom is -0.497 e. The van der Waals surface area contributed by atoms with Crippen LogP contribution in [0.4, 0.5) is 0 Å². The summed E-state index contributed by atoms with van der Waals surface area (Å²) in [6.07, 6.45) is 5.56. The summed E-state index contributed by atoms with van der Waals surface area (Å²) < 4.78 is 10.6. The topological polar surface area (TPSA) is 50.7 Å². The van der Waals surface area contributed by atoms with Crippen molar-refractivity contribution in [1.29, 1.82) is 0 Å². The van der Waals surface area contributed by atoms with Crippen molar-refractivity contribution in [3.05, 3.63) is 24.3 Å². The second-order valence-electron chi connectivity index (χ2n) is 4.18. The van der Waals surface area contributed by atoms with E-state index in [1.807, 2.05) is 25.1 Å². The molecule has 0 aromatic heterocycles. The van der Waals surface area contributed by atoms with E-state index in [1.54, 1.807) is 13.2 Å². The minimum atomic E-state index is -0.603. The van der Waals surface area contributed by atoms with Gasteiger partial charge in [0.25, 0.3) is 0 Å². The number of ether oxygens (including phenoxy) is 2.